The zero-order chi connectivity index (χ0) is 15.1. The number of ether oxygens (including phenoxy) is 2. The molecule has 0 aromatic heterocycles. The summed E-state index contributed by atoms with van der Waals surface area (Å²) in [5.41, 5.74) is 0.0496. The molecule has 1 N–H and O–H groups in total. The zero-order valence-electron chi connectivity index (χ0n) is 12.1. The summed E-state index contributed by atoms with van der Waals surface area (Å²) in [5.74, 6) is 1.32. The standard InChI is InChI=1S/C14H21NO5/c1-10(2)5-4-6-20-14-8-12(15(17)18)11(9-16)7-13(14)19-3/h7-8,10,16H,4-6,9H2,1-3H3. The second-order valence-electron chi connectivity index (χ2n) is 4.93. The Morgan fingerprint density at radius 3 is 2.55 bits per heavy atom. The molecule has 1 rings (SSSR count). The van der Waals surface area contributed by atoms with E-state index in [1.807, 2.05) is 0 Å². The maximum atomic E-state index is 10.9. The third kappa shape index (κ3) is 4.38. The second-order valence-corrected chi connectivity index (χ2v) is 4.93. The van der Waals surface area contributed by atoms with Crippen LogP contribution in [0.2, 0.25) is 0 Å². The van der Waals surface area contributed by atoms with Crippen molar-refractivity contribution in [1.29, 1.82) is 0 Å². The number of benzene rings is 1. The molecule has 0 saturated heterocycles. The molecule has 0 saturated carbocycles. The Morgan fingerprint density at radius 1 is 1.35 bits per heavy atom. The van der Waals surface area contributed by atoms with Crippen molar-refractivity contribution in [2.45, 2.75) is 33.3 Å². The van der Waals surface area contributed by atoms with Crippen LogP contribution >= 0.6 is 0 Å². The highest BCUT2D eigenvalue weighted by Crippen LogP contribution is 2.34. The molecule has 0 spiro atoms. The van der Waals surface area contributed by atoms with Gasteiger partial charge in [-0.15, -0.1) is 0 Å². The van der Waals surface area contributed by atoms with Crippen molar-refractivity contribution in [1.82, 2.24) is 0 Å². The molecule has 1 aromatic rings. The highest BCUT2D eigenvalue weighted by Gasteiger charge is 2.19. The molecule has 1 aromatic carbocycles. The van der Waals surface area contributed by atoms with Crippen molar-refractivity contribution >= 4 is 5.69 Å². The average Bonchev–Trinajstić information content (AvgIpc) is 2.42. The van der Waals surface area contributed by atoms with Crippen LogP contribution in [-0.2, 0) is 6.61 Å². The highest BCUT2D eigenvalue weighted by atomic mass is 16.6. The number of rotatable bonds is 8. The summed E-state index contributed by atoms with van der Waals surface area (Å²) in [6.45, 7) is 4.31. The van der Waals surface area contributed by atoms with E-state index in [9.17, 15) is 10.1 Å². The minimum Gasteiger partial charge on any atom is -0.493 e. The maximum absolute atomic E-state index is 10.9. The molecule has 0 radical (unpaired) electrons. The summed E-state index contributed by atoms with van der Waals surface area (Å²) in [5, 5.41) is 20.1. The van der Waals surface area contributed by atoms with E-state index in [1.165, 1.54) is 19.2 Å². The monoisotopic (exact) mass is 283 g/mol. The maximum Gasteiger partial charge on any atom is 0.278 e. The number of aliphatic hydroxyl groups excluding tert-OH is 1. The molecular formula is C14H21NO5. The van der Waals surface area contributed by atoms with Gasteiger partial charge in [0.15, 0.2) is 11.5 Å². The fourth-order valence-electron chi connectivity index (χ4n) is 1.83. The Labute approximate surface area is 118 Å². The van der Waals surface area contributed by atoms with Gasteiger partial charge >= 0.3 is 0 Å². The van der Waals surface area contributed by atoms with E-state index in [2.05, 4.69) is 13.8 Å². The molecule has 112 valence electrons. The normalized spacial score (nSPS) is 10.7. The lowest BCUT2D eigenvalue weighted by Gasteiger charge is -2.12. The number of hydrogen-bond acceptors (Lipinski definition) is 5. The molecule has 6 heteroatoms. The summed E-state index contributed by atoms with van der Waals surface area (Å²) < 4.78 is 10.7. The SMILES string of the molecule is COc1cc(CO)c([N+](=O)[O-])cc1OCCCC(C)C. The summed E-state index contributed by atoms with van der Waals surface area (Å²) >= 11 is 0. The van der Waals surface area contributed by atoms with Crippen LogP contribution in [0.4, 0.5) is 5.69 Å². The predicted molar refractivity (Wildman–Crippen MR) is 75.1 cm³/mol. The van der Waals surface area contributed by atoms with Crippen LogP contribution in [0, 0.1) is 16.0 Å². The van der Waals surface area contributed by atoms with Crippen molar-refractivity contribution in [2.24, 2.45) is 5.92 Å². The van der Waals surface area contributed by atoms with Gasteiger partial charge in [0.05, 0.1) is 36.9 Å². The van der Waals surface area contributed by atoms with E-state index in [0.717, 1.165) is 12.8 Å². The quantitative estimate of drug-likeness (QED) is 0.450. The Bertz CT molecular complexity index is 459. The molecule has 0 unspecified atom stereocenters. The Kier molecular flexibility index (Phi) is 6.24. The fraction of sp³-hybridized carbons (Fsp3) is 0.571. The third-order valence-corrected chi connectivity index (χ3v) is 2.92. The molecule has 0 aliphatic carbocycles. The largest absolute Gasteiger partial charge is 0.493 e. The van der Waals surface area contributed by atoms with Crippen LogP contribution in [0.15, 0.2) is 12.1 Å². The number of nitro benzene ring substituents is 1. The third-order valence-electron chi connectivity index (χ3n) is 2.92. The van der Waals surface area contributed by atoms with E-state index >= 15 is 0 Å². The minimum atomic E-state index is -0.536. The molecule has 0 aliphatic heterocycles. The topological polar surface area (TPSA) is 81.8 Å². The first-order valence-corrected chi connectivity index (χ1v) is 6.58. The van der Waals surface area contributed by atoms with Crippen molar-refractivity contribution in [3.8, 4) is 11.5 Å². The number of aliphatic hydroxyl groups is 1. The molecule has 0 atom stereocenters. The van der Waals surface area contributed by atoms with Gasteiger partial charge in [0, 0.05) is 0 Å². The van der Waals surface area contributed by atoms with Gasteiger partial charge in [-0.25, -0.2) is 0 Å². The van der Waals surface area contributed by atoms with Crippen LogP contribution in [0.5, 0.6) is 11.5 Å². The van der Waals surface area contributed by atoms with Gasteiger partial charge in [-0.1, -0.05) is 13.8 Å². The van der Waals surface area contributed by atoms with Gasteiger partial charge in [0.25, 0.3) is 5.69 Å². The van der Waals surface area contributed by atoms with Crippen molar-refractivity contribution in [3.05, 3.63) is 27.8 Å². The van der Waals surface area contributed by atoms with Gasteiger partial charge in [-0.05, 0) is 24.8 Å². The Morgan fingerprint density at radius 2 is 2.05 bits per heavy atom. The van der Waals surface area contributed by atoms with Gasteiger partial charge in [0.1, 0.15) is 0 Å². The van der Waals surface area contributed by atoms with E-state index in [1.54, 1.807) is 0 Å². The van der Waals surface area contributed by atoms with E-state index in [-0.39, 0.29) is 11.3 Å². The number of nitrogens with zero attached hydrogens (tertiary/aromatic N) is 1. The first kappa shape index (κ1) is 16.2. The predicted octanol–water partition coefficient (Wildman–Crippen LogP) is 2.91. The second kappa shape index (κ2) is 7.69. The van der Waals surface area contributed by atoms with Gasteiger partial charge < -0.3 is 14.6 Å². The molecule has 6 nitrogen and oxygen atoms in total. The molecular weight excluding hydrogens is 262 g/mol. The van der Waals surface area contributed by atoms with Gasteiger partial charge in [0.2, 0.25) is 0 Å². The van der Waals surface area contributed by atoms with E-state index in [4.69, 9.17) is 14.6 Å². The Hall–Kier alpha value is -1.82. The van der Waals surface area contributed by atoms with Crippen molar-refractivity contribution in [3.63, 3.8) is 0 Å². The van der Waals surface area contributed by atoms with Gasteiger partial charge in [-0.2, -0.15) is 0 Å². The molecule has 0 heterocycles. The molecule has 0 aliphatic rings. The summed E-state index contributed by atoms with van der Waals surface area (Å²) in [6, 6.07) is 2.75. The molecule has 0 bridgehead atoms. The Balaban J connectivity index is 2.88. The highest BCUT2D eigenvalue weighted by molar-refractivity contribution is 5.54. The minimum absolute atomic E-state index is 0.160. The van der Waals surface area contributed by atoms with Crippen LogP contribution in [0.25, 0.3) is 0 Å². The lowest BCUT2D eigenvalue weighted by atomic mass is 10.1. The summed E-state index contributed by atoms with van der Waals surface area (Å²) in [7, 11) is 1.46. The average molecular weight is 283 g/mol. The molecule has 0 amide bonds. The van der Waals surface area contributed by atoms with Gasteiger partial charge in [-0.3, -0.25) is 10.1 Å². The molecule has 0 fully saturated rings. The van der Waals surface area contributed by atoms with Crippen molar-refractivity contribution < 1.29 is 19.5 Å². The molecule has 20 heavy (non-hydrogen) atoms. The number of hydrogen-bond donors (Lipinski definition) is 1. The summed E-state index contributed by atoms with van der Waals surface area (Å²) in [4.78, 5) is 10.4. The first-order valence-electron chi connectivity index (χ1n) is 6.58. The summed E-state index contributed by atoms with van der Waals surface area (Å²) in [6.07, 6.45) is 1.90. The fourth-order valence-corrected chi connectivity index (χ4v) is 1.83. The lowest BCUT2D eigenvalue weighted by molar-refractivity contribution is -0.385. The smallest absolute Gasteiger partial charge is 0.278 e. The first-order chi connectivity index (χ1) is 9.49. The van der Waals surface area contributed by atoms with Crippen molar-refractivity contribution in [2.75, 3.05) is 13.7 Å². The number of methoxy groups -OCH3 is 1. The van der Waals surface area contributed by atoms with Crippen LogP contribution in [-0.4, -0.2) is 23.7 Å². The lowest BCUT2D eigenvalue weighted by Crippen LogP contribution is -2.03. The van der Waals surface area contributed by atoms with Crippen LogP contribution in [0.1, 0.15) is 32.3 Å². The van der Waals surface area contributed by atoms with E-state index in [0.29, 0.717) is 24.0 Å². The number of nitro groups is 1. The van der Waals surface area contributed by atoms with E-state index < -0.39 is 11.5 Å². The van der Waals surface area contributed by atoms with Crippen LogP contribution in [0.3, 0.4) is 0 Å². The van der Waals surface area contributed by atoms with Crippen LogP contribution < -0.4 is 9.47 Å². The zero-order valence-corrected chi connectivity index (χ0v) is 12.1.